The number of rotatable bonds is 8. The van der Waals surface area contributed by atoms with Crippen LogP contribution in [0.2, 0.25) is 5.02 Å². The molecule has 1 N–H and O–H groups in total. The van der Waals surface area contributed by atoms with Gasteiger partial charge in [0.2, 0.25) is 5.95 Å². The van der Waals surface area contributed by atoms with Gasteiger partial charge in [-0.1, -0.05) is 43.6 Å². The van der Waals surface area contributed by atoms with E-state index >= 15 is 0 Å². The fraction of sp³-hybridized carbons (Fsp3) is 0.364. The lowest BCUT2D eigenvalue weighted by Gasteiger charge is -2.17. The highest BCUT2D eigenvalue weighted by molar-refractivity contribution is 6.33. The van der Waals surface area contributed by atoms with Crippen molar-refractivity contribution in [3.05, 3.63) is 53.2 Å². The van der Waals surface area contributed by atoms with E-state index in [2.05, 4.69) is 59.2 Å². The van der Waals surface area contributed by atoms with Gasteiger partial charge in [-0.3, -0.25) is 0 Å². The maximum Gasteiger partial charge on any atom is 0.223 e. The number of benzene rings is 2. The molecular formula is C22H27ClN4. The van der Waals surface area contributed by atoms with Crippen LogP contribution in [-0.2, 0) is 0 Å². The molecule has 0 fully saturated rings. The van der Waals surface area contributed by atoms with Crippen molar-refractivity contribution in [2.24, 2.45) is 0 Å². The zero-order chi connectivity index (χ0) is 19.2. The Bertz CT molecular complexity index is 886. The van der Waals surface area contributed by atoms with Gasteiger partial charge in [-0.25, -0.2) is 9.97 Å². The van der Waals surface area contributed by atoms with Crippen LogP contribution >= 0.6 is 11.6 Å². The molecule has 5 heteroatoms. The zero-order valence-electron chi connectivity index (χ0n) is 16.3. The molecule has 0 aliphatic heterocycles. The van der Waals surface area contributed by atoms with Crippen molar-refractivity contribution in [2.45, 2.75) is 27.2 Å². The first-order valence-corrected chi connectivity index (χ1v) is 9.98. The van der Waals surface area contributed by atoms with Crippen LogP contribution in [0.25, 0.3) is 22.0 Å². The molecule has 0 spiro atoms. The van der Waals surface area contributed by atoms with Crippen LogP contribution in [0.4, 0.5) is 5.95 Å². The molecule has 0 radical (unpaired) electrons. The summed E-state index contributed by atoms with van der Waals surface area (Å²) in [4.78, 5) is 11.5. The molecule has 0 saturated heterocycles. The summed E-state index contributed by atoms with van der Waals surface area (Å²) in [7, 11) is 0. The minimum atomic E-state index is 0.684. The summed E-state index contributed by atoms with van der Waals surface area (Å²) >= 11 is 6.41. The van der Waals surface area contributed by atoms with Crippen LogP contribution < -0.4 is 5.32 Å². The van der Waals surface area contributed by atoms with Crippen molar-refractivity contribution in [2.75, 3.05) is 31.5 Å². The minimum Gasteiger partial charge on any atom is -0.354 e. The summed E-state index contributed by atoms with van der Waals surface area (Å²) < 4.78 is 0. The molecule has 1 heterocycles. The topological polar surface area (TPSA) is 41.0 Å². The molecule has 1 aromatic heterocycles. The lowest BCUT2D eigenvalue weighted by molar-refractivity contribution is 0.303. The van der Waals surface area contributed by atoms with E-state index in [0.29, 0.717) is 5.95 Å². The van der Waals surface area contributed by atoms with Crippen molar-refractivity contribution in [1.29, 1.82) is 0 Å². The summed E-state index contributed by atoms with van der Waals surface area (Å²) in [5.74, 6) is 0.684. The average Bonchev–Trinajstić information content (AvgIpc) is 2.68. The first kappa shape index (κ1) is 19.6. The SMILES string of the molecule is CCN(CC)CCCNc1ncc2cc(-c3c(C)cccc3Cl)ccc2n1. The van der Waals surface area contributed by atoms with Crippen LogP contribution in [0, 0.1) is 6.92 Å². The molecule has 0 amide bonds. The van der Waals surface area contributed by atoms with Crippen LogP contribution in [-0.4, -0.2) is 41.0 Å². The first-order chi connectivity index (χ1) is 13.1. The maximum absolute atomic E-state index is 6.41. The monoisotopic (exact) mass is 382 g/mol. The number of hydrogen-bond acceptors (Lipinski definition) is 4. The summed E-state index contributed by atoms with van der Waals surface area (Å²) in [5, 5.41) is 5.11. The number of halogens is 1. The molecule has 142 valence electrons. The van der Waals surface area contributed by atoms with E-state index < -0.39 is 0 Å². The van der Waals surface area contributed by atoms with Crippen LogP contribution in [0.5, 0.6) is 0 Å². The van der Waals surface area contributed by atoms with Gasteiger partial charge in [-0.05, 0) is 62.3 Å². The Morgan fingerprint density at radius 2 is 1.93 bits per heavy atom. The molecule has 0 unspecified atom stereocenters. The van der Waals surface area contributed by atoms with Crippen LogP contribution in [0.1, 0.15) is 25.8 Å². The molecule has 27 heavy (non-hydrogen) atoms. The summed E-state index contributed by atoms with van der Waals surface area (Å²) in [5.41, 5.74) is 4.26. The smallest absolute Gasteiger partial charge is 0.223 e. The number of hydrogen-bond donors (Lipinski definition) is 1. The Balaban J connectivity index is 1.72. The quantitative estimate of drug-likeness (QED) is 0.529. The molecule has 0 aliphatic rings. The summed E-state index contributed by atoms with van der Waals surface area (Å²) in [6.07, 6.45) is 2.96. The Kier molecular flexibility index (Phi) is 6.64. The second-order valence-electron chi connectivity index (χ2n) is 6.71. The number of aromatic nitrogens is 2. The van der Waals surface area contributed by atoms with Gasteiger partial charge in [-0.15, -0.1) is 0 Å². The Hall–Kier alpha value is -2.17. The highest BCUT2D eigenvalue weighted by Gasteiger charge is 2.08. The van der Waals surface area contributed by atoms with E-state index in [0.717, 1.165) is 65.2 Å². The fourth-order valence-electron chi connectivity index (χ4n) is 3.31. The van der Waals surface area contributed by atoms with E-state index in [4.69, 9.17) is 11.6 Å². The van der Waals surface area contributed by atoms with Gasteiger partial charge in [0.15, 0.2) is 0 Å². The number of nitrogens with one attached hydrogen (secondary N) is 1. The third-order valence-corrected chi connectivity index (χ3v) is 5.23. The minimum absolute atomic E-state index is 0.684. The predicted octanol–water partition coefficient (Wildman–Crippen LogP) is 5.40. The number of fused-ring (bicyclic) bond motifs is 1. The van der Waals surface area contributed by atoms with Crippen LogP contribution in [0.15, 0.2) is 42.6 Å². The van der Waals surface area contributed by atoms with Crippen molar-refractivity contribution in [3.8, 4) is 11.1 Å². The fourth-order valence-corrected chi connectivity index (χ4v) is 3.65. The molecule has 0 bridgehead atoms. The molecule has 0 saturated carbocycles. The van der Waals surface area contributed by atoms with Gasteiger partial charge >= 0.3 is 0 Å². The second-order valence-corrected chi connectivity index (χ2v) is 7.11. The lowest BCUT2D eigenvalue weighted by Crippen LogP contribution is -2.25. The predicted molar refractivity (Wildman–Crippen MR) is 116 cm³/mol. The largest absolute Gasteiger partial charge is 0.354 e. The van der Waals surface area contributed by atoms with Gasteiger partial charge in [0.1, 0.15) is 0 Å². The molecule has 0 atom stereocenters. The molecule has 3 rings (SSSR count). The average molecular weight is 383 g/mol. The lowest BCUT2D eigenvalue weighted by atomic mass is 9.99. The van der Waals surface area contributed by atoms with E-state index in [1.165, 1.54) is 0 Å². The van der Waals surface area contributed by atoms with Crippen molar-refractivity contribution in [1.82, 2.24) is 14.9 Å². The number of nitrogens with zero attached hydrogens (tertiary/aromatic N) is 3. The second kappa shape index (κ2) is 9.16. The zero-order valence-corrected chi connectivity index (χ0v) is 17.1. The van der Waals surface area contributed by atoms with Crippen molar-refractivity contribution in [3.63, 3.8) is 0 Å². The van der Waals surface area contributed by atoms with E-state index in [1.807, 2.05) is 24.4 Å². The van der Waals surface area contributed by atoms with Gasteiger partial charge in [0.25, 0.3) is 0 Å². The van der Waals surface area contributed by atoms with E-state index in [-0.39, 0.29) is 0 Å². The molecule has 4 nitrogen and oxygen atoms in total. The Morgan fingerprint density at radius 3 is 2.67 bits per heavy atom. The van der Waals surface area contributed by atoms with E-state index in [9.17, 15) is 0 Å². The summed E-state index contributed by atoms with van der Waals surface area (Å²) in [6.45, 7) is 10.6. The standard InChI is InChI=1S/C22H27ClN4/c1-4-27(5-2)13-7-12-24-22-25-15-18-14-17(10-11-20(18)26-22)21-16(3)8-6-9-19(21)23/h6,8-11,14-15H,4-5,7,12-13H2,1-3H3,(H,24,25,26). The molecule has 2 aromatic carbocycles. The third-order valence-electron chi connectivity index (χ3n) is 4.92. The number of aryl methyl sites for hydroxylation is 1. The number of anilines is 1. The van der Waals surface area contributed by atoms with Crippen molar-refractivity contribution < 1.29 is 0 Å². The molecule has 0 aliphatic carbocycles. The molecular weight excluding hydrogens is 356 g/mol. The normalized spacial score (nSPS) is 11.3. The Morgan fingerprint density at radius 1 is 1.11 bits per heavy atom. The Labute approximate surface area is 166 Å². The van der Waals surface area contributed by atoms with Gasteiger partial charge < -0.3 is 10.2 Å². The first-order valence-electron chi connectivity index (χ1n) is 9.61. The van der Waals surface area contributed by atoms with Crippen molar-refractivity contribution >= 4 is 28.5 Å². The van der Waals surface area contributed by atoms with Gasteiger partial charge in [-0.2, -0.15) is 0 Å². The third kappa shape index (κ3) is 4.76. The van der Waals surface area contributed by atoms with Gasteiger partial charge in [0.05, 0.1) is 5.52 Å². The highest BCUT2D eigenvalue weighted by atomic mass is 35.5. The molecule has 3 aromatic rings. The van der Waals surface area contributed by atoms with E-state index in [1.54, 1.807) is 0 Å². The van der Waals surface area contributed by atoms with Crippen LogP contribution in [0.3, 0.4) is 0 Å². The highest BCUT2D eigenvalue weighted by Crippen LogP contribution is 2.32. The maximum atomic E-state index is 6.41. The van der Waals surface area contributed by atoms with Gasteiger partial charge in [0, 0.05) is 28.7 Å². The summed E-state index contributed by atoms with van der Waals surface area (Å²) in [6, 6.07) is 12.2.